The number of hydrogen-bond donors (Lipinski definition) is 1. The molecule has 0 saturated heterocycles. The molecule has 2 heterocycles. The number of nitrogens with zero attached hydrogens (tertiary/aromatic N) is 2. The highest BCUT2D eigenvalue weighted by Gasteiger charge is 2.37. The fourth-order valence-corrected chi connectivity index (χ4v) is 6.73. The number of phenols is 1. The second-order valence-corrected chi connectivity index (χ2v) is 17.3. The van der Waals surface area contributed by atoms with E-state index in [-0.39, 0.29) is 55.4 Å². The maximum Gasteiger partial charge on any atom is 0.306 e. The zero-order valence-electron chi connectivity index (χ0n) is 34.0. The molecule has 2 fully saturated rings. The molecular weight excluding hydrogens is 802 g/mol. The first-order chi connectivity index (χ1) is 26.9. The van der Waals surface area contributed by atoms with Crippen molar-refractivity contribution in [3.63, 3.8) is 0 Å². The molecule has 1 N–H and O–H groups in total. The summed E-state index contributed by atoms with van der Waals surface area (Å²) in [5, 5.41) is 9.79. The van der Waals surface area contributed by atoms with E-state index in [9.17, 15) is 33.1 Å². The van der Waals surface area contributed by atoms with Crippen LogP contribution >= 0.6 is 15.9 Å². The van der Waals surface area contributed by atoms with Crippen molar-refractivity contribution in [2.45, 2.75) is 129 Å². The normalized spacial score (nSPS) is 17.0. The minimum Gasteiger partial charge on any atom is -0.508 e. The summed E-state index contributed by atoms with van der Waals surface area (Å²) < 4.78 is 41.3. The molecule has 0 bridgehead atoms. The van der Waals surface area contributed by atoms with E-state index in [0.717, 1.165) is 73.9 Å². The predicted octanol–water partition coefficient (Wildman–Crippen LogP) is 9.11. The third-order valence-electron chi connectivity index (χ3n) is 9.41. The summed E-state index contributed by atoms with van der Waals surface area (Å²) in [5.41, 5.74) is 3.39. The van der Waals surface area contributed by atoms with Gasteiger partial charge in [0.15, 0.2) is 0 Å². The molecule has 0 unspecified atom stereocenters. The average Bonchev–Trinajstić information content (AvgIpc) is 4.07. The number of fused-ring (bicyclic) bond motifs is 2. The van der Waals surface area contributed by atoms with Crippen LogP contribution in [0.15, 0.2) is 60.2 Å². The van der Waals surface area contributed by atoms with Crippen LogP contribution in [0.5, 0.6) is 11.5 Å². The number of benzene rings is 2. The van der Waals surface area contributed by atoms with Gasteiger partial charge in [0.1, 0.15) is 29.3 Å². The van der Waals surface area contributed by atoms with Crippen LogP contribution in [0.2, 0.25) is 0 Å². The number of ether oxygens (including phenoxy) is 3. The molecule has 0 atom stereocenters. The average molecular weight is 860 g/mol. The van der Waals surface area contributed by atoms with Crippen LogP contribution in [0, 0.1) is 0 Å². The van der Waals surface area contributed by atoms with Crippen LogP contribution < -0.4 is 4.74 Å². The second kappa shape index (κ2) is 20.4. The zero-order chi connectivity index (χ0) is 41.9. The van der Waals surface area contributed by atoms with Crippen LogP contribution in [0.1, 0.15) is 125 Å². The first-order valence-corrected chi connectivity index (χ1v) is 20.8. The quantitative estimate of drug-likeness (QED) is 0.166. The summed E-state index contributed by atoms with van der Waals surface area (Å²) in [5.74, 6) is 0.428. The van der Waals surface area contributed by atoms with Gasteiger partial charge in [0.05, 0.1) is 12.7 Å². The molecule has 2 aromatic carbocycles. The topological polar surface area (TPSA) is 123 Å². The highest BCUT2D eigenvalue weighted by atomic mass is 79.9. The molecule has 0 radical (unpaired) electrons. The molecule has 57 heavy (non-hydrogen) atoms. The van der Waals surface area contributed by atoms with Crippen LogP contribution in [0.25, 0.3) is 0 Å². The van der Waals surface area contributed by atoms with E-state index in [1.807, 2.05) is 15.9 Å². The van der Waals surface area contributed by atoms with E-state index < -0.39 is 11.2 Å². The third kappa shape index (κ3) is 14.9. The van der Waals surface area contributed by atoms with Gasteiger partial charge in [-0.2, -0.15) is 0 Å². The summed E-state index contributed by atoms with van der Waals surface area (Å²) in [6.07, 6.45) is 8.16. The zero-order valence-corrected chi connectivity index (χ0v) is 35.6. The fraction of sp³-hybridized carbons (Fsp3) is 0.545. The minimum atomic E-state index is -0.553. The molecule has 2 aliphatic carbocycles. The SMILES string of the molecule is CC(C)(C)OC(=O)CC/C(=C/F)CBr.CC(C)(C)OC(=O)CC/C(=C/F)COc1ccc2c(c1)CCN(C1CC1)C2=O.O=C1c2ccc(O)cc2CCN1C1CC1. The Morgan fingerprint density at radius 2 is 1.19 bits per heavy atom. The number of hydrogen-bond acceptors (Lipinski definition) is 8. The van der Waals surface area contributed by atoms with Gasteiger partial charge in [-0.25, -0.2) is 8.78 Å². The van der Waals surface area contributed by atoms with E-state index in [0.29, 0.717) is 53.4 Å². The van der Waals surface area contributed by atoms with Crippen molar-refractivity contribution in [3.8, 4) is 11.5 Å². The van der Waals surface area contributed by atoms with Gasteiger partial charge >= 0.3 is 11.9 Å². The van der Waals surface area contributed by atoms with Crippen LogP contribution in [0.3, 0.4) is 0 Å². The number of esters is 2. The molecule has 4 aliphatic rings. The number of halogens is 3. The monoisotopic (exact) mass is 858 g/mol. The van der Waals surface area contributed by atoms with Crippen molar-refractivity contribution >= 4 is 39.7 Å². The standard InChI is InChI=1S/C22H28FNO4.C12H13NO2.C10H16BrFO2/c1-22(2,3)28-20(25)9-4-15(13-23)14-27-18-7-8-19-16(12-18)10-11-24(21(19)26)17-5-6-17;14-10-3-4-11-8(7-10)5-6-13(12(11)15)9-1-2-9;1-10(2,3)14-9(13)5-4-8(6-11)7-12/h7-8,12-13,17H,4-6,9-11,14H2,1-3H3;3-4,7,9,14H,1-2,5-6H2;7H,4-6H2,1-3H3/b15-13-;;8-7-. The number of alkyl halides is 1. The second-order valence-electron chi connectivity index (χ2n) is 16.7. The van der Waals surface area contributed by atoms with Crippen molar-refractivity contribution in [1.82, 2.24) is 9.80 Å². The molecule has 2 aliphatic heterocycles. The van der Waals surface area contributed by atoms with Crippen molar-refractivity contribution in [2.75, 3.05) is 25.0 Å². The number of amides is 2. The molecule has 2 aromatic rings. The highest BCUT2D eigenvalue weighted by molar-refractivity contribution is 9.09. The van der Waals surface area contributed by atoms with E-state index in [2.05, 4.69) is 15.9 Å². The van der Waals surface area contributed by atoms with E-state index >= 15 is 0 Å². The summed E-state index contributed by atoms with van der Waals surface area (Å²) >= 11 is 3.13. The number of carbonyl (C=O) groups is 4. The molecule has 2 saturated carbocycles. The first-order valence-electron chi connectivity index (χ1n) is 19.7. The lowest BCUT2D eigenvalue weighted by molar-refractivity contribution is -0.155. The summed E-state index contributed by atoms with van der Waals surface area (Å²) in [4.78, 5) is 51.5. The number of carbonyl (C=O) groups excluding carboxylic acids is 4. The van der Waals surface area contributed by atoms with E-state index in [4.69, 9.17) is 14.2 Å². The molecule has 0 spiro atoms. The Morgan fingerprint density at radius 3 is 1.63 bits per heavy atom. The van der Waals surface area contributed by atoms with Crippen LogP contribution in [-0.2, 0) is 31.9 Å². The highest BCUT2D eigenvalue weighted by Crippen LogP contribution is 2.34. The van der Waals surface area contributed by atoms with Gasteiger partial charge in [-0.3, -0.25) is 19.2 Å². The maximum atomic E-state index is 13.2. The lowest BCUT2D eigenvalue weighted by atomic mass is 9.98. The molecule has 13 heteroatoms. The summed E-state index contributed by atoms with van der Waals surface area (Å²) in [6.45, 7) is 12.4. The van der Waals surface area contributed by atoms with Gasteiger partial charge < -0.3 is 29.1 Å². The molecule has 10 nitrogen and oxygen atoms in total. The van der Waals surface area contributed by atoms with Gasteiger partial charge in [-0.1, -0.05) is 15.9 Å². The minimum absolute atomic E-state index is 0.0558. The van der Waals surface area contributed by atoms with Gasteiger partial charge in [-0.05, 0) is 152 Å². The number of aromatic hydroxyl groups is 1. The van der Waals surface area contributed by atoms with Crippen molar-refractivity contribution in [2.24, 2.45) is 0 Å². The Kier molecular flexibility index (Phi) is 16.3. The van der Waals surface area contributed by atoms with Crippen LogP contribution in [-0.4, -0.2) is 87.0 Å². The van der Waals surface area contributed by atoms with Gasteiger partial charge in [0, 0.05) is 54.5 Å². The fourth-order valence-electron chi connectivity index (χ4n) is 6.33. The molecule has 6 rings (SSSR count). The van der Waals surface area contributed by atoms with E-state index in [1.165, 1.54) is 0 Å². The van der Waals surface area contributed by atoms with Crippen LogP contribution in [0.4, 0.5) is 8.78 Å². The Bertz CT molecular complexity index is 1810. The lowest BCUT2D eigenvalue weighted by Gasteiger charge is -2.28. The smallest absolute Gasteiger partial charge is 0.306 e. The maximum absolute atomic E-state index is 13.2. The van der Waals surface area contributed by atoms with E-state index in [1.54, 1.807) is 71.9 Å². The number of phenolic OH excluding ortho intramolecular Hbond substituents is 1. The van der Waals surface area contributed by atoms with Gasteiger partial charge in [0.25, 0.3) is 11.8 Å². The Morgan fingerprint density at radius 1 is 0.737 bits per heavy atom. The van der Waals surface area contributed by atoms with Gasteiger partial charge in [0.2, 0.25) is 0 Å². The molecule has 2 amide bonds. The lowest BCUT2D eigenvalue weighted by Crippen LogP contribution is -2.39. The van der Waals surface area contributed by atoms with Crippen molar-refractivity contribution < 1.29 is 47.3 Å². The van der Waals surface area contributed by atoms with Gasteiger partial charge in [-0.15, -0.1) is 0 Å². The number of rotatable bonds is 12. The Labute approximate surface area is 343 Å². The first kappa shape index (κ1) is 45.4. The Balaban J connectivity index is 0.000000209. The Hall–Kier alpha value is -4.26. The van der Waals surface area contributed by atoms with Crippen molar-refractivity contribution in [1.29, 1.82) is 0 Å². The largest absolute Gasteiger partial charge is 0.508 e. The number of allylic oxidation sites excluding steroid dienone is 1. The summed E-state index contributed by atoms with van der Waals surface area (Å²) in [6, 6.07) is 11.3. The molecule has 312 valence electrons. The predicted molar refractivity (Wildman–Crippen MR) is 218 cm³/mol. The molecule has 0 aromatic heterocycles. The third-order valence-corrected chi connectivity index (χ3v) is 10.1. The molecular formula is C44H57BrF2N2O8. The van der Waals surface area contributed by atoms with Crippen molar-refractivity contribution in [3.05, 3.63) is 82.5 Å². The summed E-state index contributed by atoms with van der Waals surface area (Å²) in [7, 11) is 0.